The van der Waals surface area contributed by atoms with E-state index in [1.807, 2.05) is 22.6 Å². The molecule has 0 radical (unpaired) electrons. The third-order valence-corrected chi connectivity index (χ3v) is 2.42. The average molecular weight is 302 g/mol. The van der Waals surface area contributed by atoms with Crippen molar-refractivity contribution in [2.75, 3.05) is 0 Å². The van der Waals surface area contributed by atoms with Crippen LogP contribution in [0.25, 0.3) is 0 Å². The van der Waals surface area contributed by atoms with E-state index in [1.165, 1.54) is 0 Å². The molecular formula is C6H2Cl2INO. The van der Waals surface area contributed by atoms with Crippen molar-refractivity contribution in [1.82, 2.24) is 4.98 Å². The monoisotopic (exact) mass is 301 g/mol. The Morgan fingerprint density at radius 2 is 2.18 bits per heavy atom. The van der Waals surface area contributed by atoms with Gasteiger partial charge in [0.1, 0.15) is 10.3 Å². The highest BCUT2D eigenvalue weighted by Gasteiger charge is 2.06. The number of rotatable bonds is 1. The van der Waals surface area contributed by atoms with Crippen LogP contribution in [0.3, 0.4) is 0 Å². The summed E-state index contributed by atoms with van der Waals surface area (Å²) in [6, 6.07) is 1.58. The van der Waals surface area contributed by atoms with Crippen molar-refractivity contribution >= 4 is 52.1 Å². The lowest BCUT2D eigenvalue weighted by atomic mass is 10.3. The van der Waals surface area contributed by atoms with Crippen LogP contribution in [0.15, 0.2) is 6.07 Å². The second-order valence-electron chi connectivity index (χ2n) is 1.75. The zero-order chi connectivity index (χ0) is 8.43. The molecule has 0 aliphatic carbocycles. The molecule has 0 fully saturated rings. The molecule has 0 saturated carbocycles. The molecule has 0 N–H and O–H groups in total. The average Bonchev–Trinajstić information content (AvgIpc) is 1.85. The van der Waals surface area contributed by atoms with Gasteiger partial charge in [-0.05, 0) is 28.7 Å². The third kappa shape index (κ3) is 2.04. The van der Waals surface area contributed by atoms with E-state index in [0.29, 0.717) is 20.6 Å². The number of aromatic nitrogens is 1. The number of halogens is 3. The number of carbonyl (C=O) groups excluding carboxylic acids is 1. The summed E-state index contributed by atoms with van der Waals surface area (Å²) < 4.78 is 0.711. The highest BCUT2D eigenvalue weighted by molar-refractivity contribution is 14.1. The van der Waals surface area contributed by atoms with Crippen LogP contribution in [0.4, 0.5) is 0 Å². The van der Waals surface area contributed by atoms with E-state index in [-0.39, 0.29) is 5.15 Å². The molecule has 5 heteroatoms. The topological polar surface area (TPSA) is 30.0 Å². The molecule has 1 aromatic rings. The summed E-state index contributed by atoms with van der Waals surface area (Å²) >= 11 is 13.1. The molecule has 0 atom stereocenters. The zero-order valence-electron chi connectivity index (χ0n) is 5.14. The minimum absolute atomic E-state index is 0.150. The molecule has 0 aliphatic rings. The molecule has 11 heavy (non-hydrogen) atoms. The maximum absolute atomic E-state index is 10.4. The highest BCUT2D eigenvalue weighted by atomic mass is 127. The SMILES string of the molecule is O=Cc1c(I)cc(Cl)nc1Cl. The molecule has 0 unspecified atom stereocenters. The van der Waals surface area contributed by atoms with Crippen molar-refractivity contribution in [3.05, 3.63) is 25.5 Å². The summed E-state index contributed by atoms with van der Waals surface area (Å²) in [6.45, 7) is 0. The van der Waals surface area contributed by atoms with Crippen molar-refractivity contribution in [3.8, 4) is 0 Å². The number of hydrogen-bond acceptors (Lipinski definition) is 2. The number of hydrogen-bond donors (Lipinski definition) is 0. The van der Waals surface area contributed by atoms with E-state index in [1.54, 1.807) is 6.07 Å². The first-order valence-electron chi connectivity index (χ1n) is 2.62. The van der Waals surface area contributed by atoms with Gasteiger partial charge in [0.25, 0.3) is 0 Å². The van der Waals surface area contributed by atoms with Crippen molar-refractivity contribution in [1.29, 1.82) is 0 Å². The smallest absolute Gasteiger partial charge is 0.154 e. The van der Waals surface area contributed by atoms with E-state index < -0.39 is 0 Å². The Bertz CT molecular complexity index is 280. The molecule has 0 amide bonds. The molecule has 2 nitrogen and oxygen atoms in total. The first kappa shape index (κ1) is 9.22. The standard InChI is InChI=1S/C6H2Cl2INO/c7-5-1-4(9)3(2-11)6(8)10-5/h1-2H. The summed E-state index contributed by atoms with van der Waals surface area (Å²) in [5.74, 6) is 0. The summed E-state index contributed by atoms with van der Waals surface area (Å²) in [4.78, 5) is 14.1. The second kappa shape index (κ2) is 3.69. The number of carbonyl (C=O) groups is 1. The van der Waals surface area contributed by atoms with Crippen LogP contribution in [0.5, 0.6) is 0 Å². The largest absolute Gasteiger partial charge is 0.298 e. The third-order valence-electron chi connectivity index (χ3n) is 1.05. The van der Waals surface area contributed by atoms with Crippen LogP contribution < -0.4 is 0 Å². The highest BCUT2D eigenvalue weighted by Crippen LogP contribution is 2.21. The quantitative estimate of drug-likeness (QED) is 0.453. The molecule has 0 aliphatic heterocycles. The Morgan fingerprint density at radius 3 is 2.64 bits per heavy atom. The molecule has 58 valence electrons. The van der Waals surface area contributed by atoms with Crippen molar-refractivity contribution in [3.63, 3.8) is 0 Å². The van der Waals surface area contributed by atoms with Gasteiger partial charge in [-0.3, -0.25) is 4.79 Å². The van der Waals surface area contributed by atoms with Gasteiger partial charge >= 0.3 is 0 Å². The van der Waals surface area contributed by atoms with Crippen molar-refractivity contribution in [2.24, 2.45) is 0 Å². The Hall–Kier alpha value is 0.130. The molecule has 1 rings (SSSR count). The molecule has 0 saturated heterocycles. The van der Waals surface area contributed by atoms with Crippen LogP contribution >= 0.6 is 45.8 Å². The van der Waals surface area contributed by atoms with Gasteiger partial charge in [-0.25, -0.2) is 4.98 Å². The van der Waals surface area contributed by atoms with Gasteiger partial charge in [0.05, 0.1) is 5.56 Å². The molecular weight excluding hydrogens is 300 g/mol. The number of aldehydes is 1. The van der Waals surface area contributed by atoms with Crippen molar-refractivity contribution < 1.29 is 4.79 Å². The van der Waals surface area contributed by atoms with Gasteiger partial charge in [0.15, 0.2) is 6.29 Å². The van der Waals surface area contributed by atoms with Crippen LogP contribution in [0, 0.1) is 3.57 Å². The summed E-state index contributed by atoms with van der Waals surface area (Å²) in [5.41, 5.74) is 0.386. The van der Waals surface area contributed by atoms with Crippen LogP contribution in [0.2, 0.25) is 10.3 Å². The predicted molar refractivity (Wildman–Crippen MR) is 52.4 cm³/mol. The minimum Gasteiger partial charge on any atom is -0.298 e. The minimum atomic E-state index is 0.150. The Kier molecular flexibility index (Phi) is 3.09. The Morgan fingerprint density at radius 1 is 1.55 bits per heavy atom. The lowest BCUT2D eigenvalue weighted by Crippen LogP contribution is -1.90. The fourth-order valence-electron chi connectivity index (χ4n) is 0.572. The maximum Gasteiger partial charge on any atom is 0.154 e. The normalized spacial score (nSPS) is 9.73. The van der Waals surface area contributed by atoms with Gasteiger partial charge in [-0.2, -0.15) is 0 Å². The van der Waals surface area contributed by atoms with Crippen LogP contribution in [-0.2, 0) is 0 Å². The molecule has 1 aromatic heterocycles. The Labute approximate surface area is 87.0 Å². The van der Waals surface area contributed by atoms with E-state index >= 15 is 0 Å². The molecule has 0 aromatic carbocycles. The van der Waals surface area contributed by atoms with Gasteiger partial charge in [-0.1, -0.05) is 23.2 Å². The zero-order valence-corrected chi connectivity index (χ0v) is 8.81. The Balaban J connectivity index is 3.36. The van der Waals surface area contributed by atoms with Crippen LogP contribution in [-0.4, -0.2) is 11.3 Å². The van der Waals surface area contributed by atoms with E-state index in [2.05, 4.69) is 4.98 Å². The fraction of sp³-hybridized carbons (Fsp3) is 0. The molecule has 0 bridgehead atoms. The summed E-state index contributed by atoms with van der Waals surface area (Å²) in [7, 11) is 0. The van der Waals surface area contributed by atoms with Gasteiger partial charge in [-0.15, -0.1) is 0 Å². The van der Waals surface area contributed by atoms with Gasteiger partial charge < -0.3 is 0 Å². The maximum atomic E-state index is 10.4. The van der Waals surface area contributed by atoms with Gasteiger partial charge in [0, 0.05) is 3.57 Å². The van der Waals surface area contributed by atoms with Crippen molar-refractivity contribution in [2.45, 2.75) is 0 Å². The predicted octanol–water partition coefficient (Wildman–Crippen LogP) is 2.81. The lowest BCUT2D eigenvalue weighted by molar-refractivity contribution is 0.112. The fourth-order valence-corrected chi connectivity index (χ4v) is 2.07. The van der Waals surface area contributed by atoms with E-state index in [4.69, 9.17) is 23.2 Å². The van der Waals surface area contributed by atoms with E-state index in [0.717, 1.165) is 0 Å². The second-order valence-corrected chi connectivity index (χ2v) is 3.66. The van der Waals surface area contributed by atoms with Crippen LogP contribution in [0.1, 0.15) is 10.4 Å². The first-order valence-corrected chi connectivity index (χ1v) is 4.45. The first-order chi connectivity index (χ1) is 5.15. The van der Waals surface area contributed by atoms with E-state index in [9.17, 15) is 4.79 Å². The lowest BCUT2D eigenvalue weighted by Gasteiger charge is -1.98. The number of pyridine rings is 1. The van der Waals surface area contributed by atoms with Gasteiger partial charge in [0.2, 0.25) is 0 Å². The molecule has 0 spiro atoms. The summed E-state index contributed by atoms with van der Waals surface area (Å²) in [6.07, 6.45) is 0.660. The number of nitrogens with zero attached hydrogens (tertiary/aromatic N) is 1. The molecule has 1 heterocycles. The summed E-state index contributed by atoms with van der Waals surface area (Å²) in [5, 5.41) is 0.446.